The van der Waals surface area contributed by atoms with E-state index in [-0.39, 0.29) is 0 Å². The Bertz CT molecular complexity index is 257. The Hall–Kier alpha value is -0.890. The molecule has 2 heterocycles. The van der Waals surface area contributed by atoms with Crippen LogP contribution in [0.2, 0.25) is 0 Å². The Morgan fingerprint density at radius 1 is 1.64 bits per heavy atom. The van der Waals surface area contributed by atoms with Crippen LogP contribution in [0.4, 0.5) is 0 Å². The van der Waals surface area contributed by atoms with Crippen molar-refractivity contribution in [2.24, 2.45) is 0 Å². The smallest absolute Gasteiger partial charge is 0.0463 e. The summed E-state index contributed by atoms with van der Waals surface area (Å²) >= 11 is 0. The number of fused-ring (bicyclic) bond motifs is 1. The molecule has 2 heteroatoms. The van der Waals surface area contributed by atoms with Gasteiger partial charge in [0.25, 0.3) is 0 Å². The van der Waals surface area contributed by atoms with Crippen LogP contribution in [0.15, 0.2) is 18.3 Å². The number of hydrogen-bond acceptors (Lipinski definition) is 2. The standard InChI is InChI=1S/C9H12N2/c1-7-8-3-2-5-11-9(8)4-6-10-7/h2-3,5,7,10H,4,6H2,1H3/t7-/m1/s1. The first-order valence-electron chi connectivity index (χ1n) is 4.05. The number of pyridine rings is 1. The van der Waals surface area contributed by atoms with E-state index in [0.29, 0.717) is 6.04 Å². The number of rotatable bonds is 0. The zero-order valence-corrected chi connectivity index (χ0v) is 6.67. The van der Waals surface area contributed by atoms with E-state index >= 15 is 0 Å². The van der Waals surface area contributed by atoms with Crippen molar-refractivity contribution in [2.75, 3.05) is 6.54 Å². The normalized spacial score (nSPS) is 22.8. The number of aromatic nitrogens is 1. The van der Waals surface area contributed by atoms with Crippen LogP contribution in [-0.2, 0) is 6.42 Å². The van der Waals surface area contributed by atoms with Crippen molar-refractivity contribution in [2.45, 2.75) is 19.4 Å². The molecule has 1 atom stereocenters. The molecule has 58 valence electrons. The molecular formula is C9H12N2. The molecule has 0 fully saturated rings. The van der Waals surface area contributed by atoms with Crippen LogP contribution < -0.4 is 5.32 Å². The predicted molar refractivity (Wildman–Crippen MR) is 44.4 cm³/mol. The third kappa shape index (κ3) is 1.14. The molecule has 0 aromatic carbocycles. The van der Waals surface area contributed by atoms with Gasteiger partial charge in [0.05, 0.1) is 0 Å². The predicted octanol–water partition coefficient (Wildman–Crippen LogP) is 1.29. The SMILES string of the molecule is C[C@H]1NCCc2ncccc21. The monoisotopic (exact) mass is 148 g/mol. The Labute approximate surface area is 66.7 Å². The van der Waals surface area contributed by atoms with E-state index in [1.165, 1.54) is 11.3 Å². The maximum absolute atomic E-state index is 4.33. The summed E-state index contributed by atoms with van der Waals surface area (Å²) in [6.07, 6.45) is 2.94. The first kappa shape index (κ1) is 6.80. The maximum Gasteiger partial charge on any atom is 0.0463 e. The van der Waals surface area contributed by atoms with Crippen LogP contribution in [0.5, 0.6) is 0 Å². The summed E-state index contributed by atoms with van der Waals surface area (Å²) in [6.45, 7) is 3.24. The second-order valence-electron chi connectivity index (χ2n) is 2.97. The molecule has 1 N–H and O–H groups in total. The van der Waals surface area contributed by atoms with Gasteiger partial charge in [-0.1, -0.05) is 6.07 Å². The van der Waals surface area contributed by atoms with Crippen molar-refractivity contribution in [3.63, 3.8) is 0 Å². The van der Waals surface area contributed by atoms with Crippen LogP contribution >= 0.6 is 0 Å². The molecule has 0 bridgehead atoms. The van der Waals surface area contributed by atoms with E-state index in [2.05, 4.69) is 23.3 Å². The second-order valence-corrected chi connectivity index (χ2v) is 2.97. The zero-order chi connectivity index (χ0) is 7.68. The van der Waals surface area contributed by atoms with Crippen LogP contribution in [0.25, 0.3) is 0 Å². The molecule has 0 unspecified atom stereocenters. The van der Waals surface area contributed by atoms with Gasteiger partial charge >= 0.3 is 0 Å². The molecule has 0 spiro atoms. The lowest BCUT2D eigenvalue weighted by atomic mass is 10.0. The fraction of sp³-hybridized carbons (Fsp3) is 0.444. The summed E-state index contributed by atoms with van der Waals surface area (Å²) in [6, 6.07) is 4.63. The molecule has 1 aromatic heterocycles. The van der Waals surface area contributed by atoms with Gasteiger partial charge in [0.15, 0.2) is 0 Å². The van der Waals surface area contributed by atoms with Crippen molar-refractivity contribution in [1.29, 1.82) is 0 Å². The van der Waals surface area contributed by atoms with Gasteiger partial charge in [-0.25, -0.2) is 0 Å². The zero-order valence-electron chi connectivity index (χ0n) is 6.67. The van der Waals surface area contributed by atoms with E-state index in [1.54, 1.807) is 0 Å². The Morgan fingerprint density at radius 2 is 2.55 bits per heavy atom. The molecule has 1 aliphatic rings. The Kier molecular flexibility index (Phi) is 1.62. The van der Waals surface area contributed by atoms with Gasteiger partial charge in [0, 0.05) is 30.9 Å². The van der Waals surface area contributed by atoms with E-state index in [1.807, 2.05) is 12.3 Å². The summed E-state index contributed by atoms with van der Waals surface area (Å²) in [7, 11) is 0. The quantitative estimate of drug-likeness (QED) is 0.599. The average Bonchev–Trinajstić information content (AvgIpc) is 2.06. The van der Waals surface area contributed by atoms with Crippen molar-refractivity contribution in [3.8, 4) is 0 Å². The summed E-state index contributed by atoms with van der Waals surface area (Å²) in [5, 5.41) is 3.40. The summed E-state index contributed by atoms with van der Waals surface area (Å²) in [5.74, 6) is 0. The summed E-state index contributed by atoms with van der Waals surface area (Å²) in [5.41, 5.74) is 2.62. The second kappa shape index (κ2) is 2.62. The average molecular weight is 148 g/mol. The Balaban J connectivity index is 2.44. The van der Waals surface area contributed by atoms with Crippen LogP contribution in [0, 0.1) is 0 Å². The number of nitrogens with zero attached hydrogens (tertiary/aromatic N) is 1. The van der Waals surface area contributed by atoms with Crippen molar-refractivity contribution < 1.29 is 0 Å². The molecule has 2 nitrogen and oxygen atoms in total. The van der Waals surface area contributed by atoms with Crippen LogP contribution in [0.3, 0.4) is 0 Å². The lowest BCUT2D eigenvalue weighted by Gasteiger charge is -2.22. The topological polar surface area (TPSA) is 24.9 Å². The van der Waals surface area contributed by atoms with Gasteiger partial charge in [-0.3, -0.25) is 4.98 Å². The van der Waals surface area contributed by atoms with Crippen LogP contribution in [0.1, 0.15) is 24.2 Å². The molecule has 0 amide bonds. The molecule has 0 aliphatic carbocycles. The minimum absolute atomic E-state index is 0.479. The highest BCUT2D eigenvalue weighted by atomic mass is 14.9. The third-order valence-electron chi connectivity index (χ3n) is 2.20. The first-order valence-corrected chi connectivity index (χ1v) is 4.05. The van der Waals surface area contributed by atoms with Gasteiger partial charge in [0.1, 0.15) is 0 Å². The molecule has 11 heavy (non-hydrogen) atoms. The van der Waals surface area contributed by atoms with E-state index in [4.69, 9.17) is 0 Å². The third-order valence-corrected chi connectivity index (χ3v) is 2.20. The number of hydrogen-bond donors (Lipinski definition) is 1. The molecule has 0 saturated heterocycles. The van der Waals surface area contributed by atoms with Gasteiger partial charge in [-0.05, 0) is 18.6 Å². The van der Waals surface area contributed by atoms with Crippen molar-refractivity contribution in [1.82, 2.24) is 10.3 Å². The largest absolute Gasteiger partial charge is 0.310 e. The molecule has 0 radical (unpaired) electrons. The molecule has 0 saturated carbocycles. The Morgan fingerprint density at radius 3 is 3.36 bits per heavy atom. The van der Waals surface area contributed by atoms with E-state index in [0.717, 1.165) is 13.0 Å². The molecule has 1 aromatic rings. The highest BCUT2D eigenvalue weighted by Gasteiger charge is 2.14. The van der Waals surface area contributed by atoms with Gasteiger partial charge < -0.3 is 5.32 Å². The highest BCUT2D eigenvalue weighted by Crippen LogP contribution is 2.19. The lowest BCUT2D eigenvalue weighted by molar-refractivity contribution is 0.532. The van der Waals surface area contributed by atoms with Gasteiger partial charge in [0.2, 0.25) is 0 Å². The van der Waals surface area contributed by atoms with E-state index in [9.17, 15) is 0 Å². The molecule has 1 aliphatic heterocycles. The van der Waals surface area contributed by atoms with Gasteiger partial charge in [-0.2, -0.15) is 0 Å². The van der Waals surface area contributed by atoms with Crippen molar-refractivity contribution >= 4 is 0 Å². The lowest BCUT2D eigenvalue weighted by Crippen LogP contribution is -2.28. The molecule has 2 rings (SSSR count). The highest BCUT2D eigenvalue weighted by molar-refractivity contribution is 5.25. The van der Waals surface area contributed by atoms with E-state index < -0.39 is 0 Å². The van der Waals surface area contributed by atoms with Crippen molar-refractivity contribution in [3.05, 3.63) is 29.6 Å². The minimum atomic E-state index is 0.479. The first-order chi connectivity index (χ1) is 5.38. The summed E-state index contributed by atoms with van der Waals surface area (Å²) in [4.78, 5) is 4.33. The van der Waals surface area contributed by atoms with Crippen LogP contribution in [-0.4, -0.2) is 11.5 Å². The maximum atomic E-state index is 4.33. The summed E-state index contributed by atoms with van der Waals surface area (Å²) < 4.78 is 0. The van der Waals surface area contributed by atoms with Gasteiger partial charge in [-0.15, -0.1) is 0 Å². The number of nitrogens with one attached hydrogen (secondary N) is 1. The fourth-order valence-electron chi connectivity index (χ4n) is 1.57. The fourth-order valence-corrected chi connectivity index (χ4v) is 1.57. The molecular weight excluding hydrogens is 136 g/mol. The minimum Gasteiger partial charge on any atom is -0.310 e.